The maximum absolute atomic E-state index is 14.3. The van der Waals surface area contributed by atoms with Crippen molar-refractivity contribution in [1.29, 1.82) is 0 Å². The highest BCUT2D eigenvalue weighted by atomic mass is 79.9. The quantitative estimate of drug-likeness (QED) is 0.202. The predicted molar refractivity (Wildman–Crippen MR) is 196 cm³/mol. The molecule has 3 heterocycles. The number of likely N-dealkylation sites (N-methyl/N-ethyl adjacent to an activating group) is 1. The van der Waals surface area contributed by atoms with Gasteiger partial charge >= 0.3 is 5.69 Å². The molecule has 0 saturated carbocycles. The Morgan fingerprint density at radius 1 is 1.04 bits per heavy atom. The first-order chi connectivity index (χ1) is 24.0. The highest BCUT2D eigenvalue weighted by Gasteiger charge is 2.35. The van der Waals surface area contributed by atoms with E-state index in [0.29, 0.717) is 35.1 Å². The molecule has 3 aromatic carbocycles. The van der Waals surface area contributed by atoms with Gasteiger partial charge in [-0.3, -0.25) is 18.7 Å². The van der Waals surface area contributed by atoms with Crippen LogP contribution in [-0.2, 0) is 19.6 Å². The molecule has 2 atom stereocenters. The summed E-state index contributed by atoms with van der Waals surface area (Å²) >= 11 is 3.51. The van der Waals surface area contributed by atoms with Gasteiger partial charge in [-0.25, -0.2) is 14.8 Å². The van der Waals surface area contributed by atoms with E-state index in [4.69, 9.17) is 4.74 Å². The summed E-state index contributed by atoms with van der Waals surface area (Å²) in [5, 5.41) is 3.05. The lowest BCUT2D eigenvalue weighted by atomic mass is 10.1. The molecule has 0 fully saturated rings. The Labute approximate surface area is 299 Å². The summed E-state index contributed by atoms with van der Waals surface area (Å²) in [5.74, 6) is 0.585. The minimum absolute atomic E-state index is 0.0815. The molecule has 11 nitrogen and oxygen atoms in total. The van der Waals surface area contributed by atoms with Crippen molar-refractivity contribution in [2.24, 2.45) is 0 Å². The van der Waals surface area contributed by atoms with Gasteiger partial charge in [0.25, 0.3) is 11.8 Å². The molecule has 0 saturated heterocycles. The van der Waals surface area contributed by atoms with E-state index < -0.39 is 5.91 Å². The molecule has 258 valence electrons. The number of imidazole rings is 1. The summed E-state index contributed by atoms with van der Waals surface area (Å²) in [6.45, 7) is 6.90. The first-order valence-electron chi connectivity index (χ1n) is 16.5. The summed E-state index contributed by atoms with van der Waals surface area (Å²) in [4.78, 5) is 55.0. The van der Waals surface area contributed by atoms with Crippen molar-refractivity contribution in [1.82, 2.24) is 34.2 Å². The zero-order valence-corrected chi connectivity index (χ0v) is 30.3. The van der Waals surface area contributed by atoms with Gasteiger partial charge in [0.05, 0.1) is 17.9 Å². The Hall–Kier alpha value is -5.07. The van der Waals surface area contributed by atoms with Crippen molar-refractivity contribution < 1.29 is 14.3 Å². The van der Waals surface area contributed by atoms with Crippen LogP contribution >= 0.6 is 15.9 Å². The fraction of sp³-hybridized carbons (Fsp3) is 0.289. The molecule has 2 amide bonds. The number of halogens is 1. The molecule has 0 radical (unpaired) electrons. The van der Waals surface area contributed by atoms with Crippen LogP contribution < -0.4 is 15.7 Å². The minimum atomic E-state index is -0.443. The van der Waals surface area contributed by atoms with Gasteiger partial charge in [0.1, 0.15) is 18.1 Å². The summed E-state index contributed by atoms with van der Waals surface area (Å²) in [6, 6.07) is 21.9. The maximum atomic E-state index is 14.3. The Morgan fingerprint density at radius 2 is 1.76 bits per heavy atom. The molecule has 1 N–H and O–H groups in total. The number of benzene rings is 3. The van der Waals surface area contributed by atoms with Crippen LogP contribution in [0, 0.1) is 6.92 Å². The van der Waals surface area contributed by atoms with Crippen molar-refractivity contribution in [3.8, 4) is 22.8 Å². The number of fused-ring (bicyclic) bond motifs is 1. The third kappa shape index (κ3) is 7.12. The Bertz CT molecular complexity index is 2080. The lowest BCUT2D eigenvalue weighted by Crippen LogP contribution is -2.47. The lowest BCUT2D eigenvalue weighted by Gasteiger charge is -2.34. The zero-order valence-electron chi connectivity index (χ0n) is 28.8. The largest absolute Gasteiger partial charge is 0.492 e. The third-order valence-electron chi connectivity index (χ3n) is 9.16. The van der Waals surface area contributed by atoms with Gasteiger partial charge in [0.15, 0.2) is 5.82 Å². The van der Waals surface area contributed by atoms with Gasteiger partial charge in [-0.15, -0.1) is 0 Å². The van der Waals surface area contributed by atoms with E-state index in [9.17, 15) is 14.4 Å². The number of amides is 2. The molecule has 12 heteroatoms. The topological polar surface area (TPSA) is 115 Å². The number of nitrogens with one attached hydrogen (secondary N) is 1. The number of carbonyl (C=O) groups excluding carboxylic acids is 2. The van der Waals surface area contributed by atoms with E-state index >= 15 is 0 Å². The highest BCUT2D eigenvalue weighted by Crippen LogP contribution is 2.27. The number of rotatable bonds is 10. The molecule has 0 aliphatic carbocycles. The summed E-state index contributed by atoms with van der Waals surface area (Å²) < 4.78 is 9.95. The van der Waals surface area contributed by atoms with E-state index in [1.54, 1.807) is 58.3 Å². The molecular formula is C38H40BrN7O4. The van der Waals surface area contributed by atoms with Crippen LogP contribution in [0.5, 0.6) is 5.75 Å². The average molecular weight is 739 g/mol. The van der Waals surface area contributed by atoms with Crippen molar-refractivity contribution in [3.05, 3.63) is 128 Å². The first kappa shape index (κ1) is 34.8. The highest BCUT2D eigenvalue weighted by molar-refractivity contribution is 9.10. The maximum Gasteiger partial charge on any atom is 0.333 e. The number of ether oxygens (including phenoxy) is 1. The second-order valence-corrected chi connectivity index (χ2v) is 13.7. The van der Waals surface area contributed by atoms with Gasteiger partial charge in [0, 0.05) is 53.2 Å². The third-order valence-corrected chi connectivity index (χ3v) is 10.0. The Morgan fingerprint density at radius 3 is 2.46 bits per heavy atom. The lowest BCUT2D eigenvalue weighted by molar-refractivity contribution is 0.0610. The second kappa shape index (κ2) is 14.8. The van der Waals surface area contributed by atoms with E-state index in [-0.39, 0.29) is 49.0 Å². The van der Waals surface area contributed by atoms with Crippen LogP contribution in [0.3, 0.4) is 0 Å². The summed E-state index contributed by atoms with van der Waals surface area (Å²) in [5.41, 5.74) is 3.89. The SMILES string of the molecule is Cc1cc(C(=O)N2Cc3c(C(=O)NCc4ccccc4-c4ncccn4)n(-c4ccc(OC[C@@H](C)N(C)C)cc4)c(=O)n3CC2C)ccc1Br. The smallest absolute Gasteiger partial charge is 0.333 e. The van der Waals surface area contributed by atoms with Crippen LogP contribution in [0.15, 0.2) is 94.5 Å². The second-order valence-electron chi connectivity index (χ2n) is 12.8. The molecule has 1 aliphatic heterocycles. The first-order valence-corrected chi connectivity index (χ1v) is 17.3. The van der Waals surface area contributed by atoms with Gasteiger partial charge < -0.3 is 19.9 Å². The van der Waals surface area contributed by atoms with Crippen molar-refractivity contribution in [2.45, 2.75) is 52.5 Å². The fourth-order valence-electron chi connectivity index (χ4n) is 5.95. The van der Waals surface area contributed by atoms with Gasteiger partial charge in [-0.05, 0) is 94.5 Å². The molecule has 5 aromatic rings. The molecule has 2 aromatic heterocycles. The number of hydrogen-bond donors (Lipinski definition) is 1. The van der Waals surface area contributed by atoms with Crippen LogP contribution in [0.4, 0.5) is 0 Å². The fourth-order valence-corrected chi connectivity index (χ4v) is 6.20. The number of carbonyl (C=O) groups is 2. The van der Waals surface area contributed by atoms with Gasteiger partial charge in [-0.2, -0.15) is 0 Å². The predicted octanol–water partition coefficient (Wildman–Crippen LogP) is 5.47. The molecule has 1 aliphatic rings. The van der Waals surface area contributed by atoms with Crippen LogP contribution in [-0.4, -0.2) is 73.5 Å². The van der Waals surface area contributed by atoms with E-state index in [1.165, 1.54) is 4.57 Å². The van der Waals surface area contributed by atoms with Crippen molar-refractivity contribution in [2.75, 3.05) is 20.7 Å². The van der Waals surface area contributed by atoms with Gasteiger partial charge in [-0.1, -0.05) is 40.2 Å². The summed E-state index contributed by atoms with van der Waals surface area (Å²) in [7, 11) is 3.99. The zero-order chi connectivity index (χ0) is 35.5. The monoisotopic (exact) mass is 737 g/mol. The van der Waals surface area contributed by atoms with Gasteiger partial charge in [0.2, 0.25) is 0 Å². The molecule has 1 unspecified atom stereocenters. The normalized spacial score (nSPS) is 14.7. The molecule has 0 bridgehead atoms. The van der Waals surface area contributed by atoms with Crippen LogP contribution in [0.1, 0.15) is 51.5 Å². The van der Waals surface area contributed by atoms with Crippen molar-refractivity contribution in [3.63, 3.8) is 0 Å². The molecule has 6 rings (SSSR count). The van der Waals surface area contributed by atoms with E-state index in [2.05, 4.69) is 43.0 Å². The number of hydrogen-bond acceptors (Lipinski definition) is 7. The molecular weight excluding hydrogens is 698 g/mol. The molecule has 0 spiro atoms. The standard InChI is InChI=1S/C38H40BrN7O4/c1-24-19-27(11-16-32(24)39)37(48)44-22-33-34(36(47)42-20-28-9-6-7-10-31(28)35-40-17-8-18-41-35)46(38(49)45(33)21-25(44)2)29-12-14-30(15-13-29)50-23-26(3)43(4)5/h6-19,25-26H,20-23H2,1-5H3,(H,42,47)/t25?,26-/m1/s1. The average Bonchev–Trinajstić information content (AvgIpc) is 3.41. The van der Waals surface area contributed by atoms with E-state index in [1.807, 2.05) is 64.3 Å². The van der Waals surface area contributed by atoms with Crippen LogP contribution in [0.25, 0.3) is 17.1 Å². The van der Waals surface area contributed by atoms with E-state index in [0.717, 1.165) is 21.2 Å². The Kier molecular flexibility index (Phi) is 10.3. The number of aryl methyl sites for hydroxylation is 1. The number of nitrogens with zero attached hydrogens (tertiary/aromatic N) is 6. The molecule has 50 heavy (non-hydrogen) atoms. The minimum Gasteiger partial charge on any atom is -0.492 e. The van der Waals surface area contributed by atoms with Crippen molar-refractivity contribution >= 4 is 27.7 Å². The number of aromatic nitrogens is 4. The van der Waals surface area contributed by atoms with Crippen LogP contribution in [0.2, 0.25) is 0 Å². The Balaban J connectivity index is 1.37. The summed E-state index contributed by atoms with van der Waals surface area (Å²) in [6.07, 6.45) is 3.35.